The van der Waals surface area contributed by atoms with Crippen molar-refractivity contribution in [2.75, 3.05) is 0 Å². The standard InChI is InChI=1S/C14H24N2O4/c1-13(2,3)20-12(17)16-8-6-7(15)9(16)11-10(8)18-14(4,5)19-11/h7-11H,6,15H2,1-5H3/t7-,8+,9-,10+,11-/m1/s1. The van der Waals surface area contributed by atoms with Crippen molar-refractivity contribution in [3.05, 3.63) is 0 Å². The van der Waals surface area contributed by atoms with Crippen LogP contribution in [0.1, 0.15) is 41.0 Å². The van der Waals surface area contributed by atoms with Crippen LogP contribution >= 0.6 is 0 Å². The minimum Gasteiger partial charge on any atom is -0.444 e. The Morgan fingerprint density at radius 3 is 2.50 bits per heavy atom. The summed E-state index contributed by atoms with van der Waals surface area (Å²) in [6.07, 6.45) is 0.179. The Morgan fingerprint density at radius 1 is 1.30 bits per heavy atom. The Labute approximate surface area is 119 Å². The number of rotatable bonds is 0. The van der Waals surface area contributed by atoms with Crippen LogP contribution in [0.15, 0.2) is 0 Å². The fraction of sp³-hybridized carbons (Fsp3) is 0.929. The summed E-state index contributed by atoms with van der Waals surface area (Å²) in [5.41, 5.74) is 5.66. The van der Waals surface area contributed by atoms with E-state index in [9.17, 15) is 4.79 Å². The first-order valence-corrected chi connectivity index (χ1v) is 7.22. The van der Waals surface area contributed by atoms with Gasteiger partial charge in [-0.2, -0.15) is 0 Å². The zero-order chi connectivity index (χ0) is 14.9. The number of hydrogen-bond acceptors (Lipinski definition) is 5. The predicted octanol–water partition coefficient (Wildman–Crippen LogP) is 1.23. The maximum atomic E-state index is 12.4. The molecule has 0 unspecified atom stereocenters. The molecule has 6 heteroatoms. The molecular weight excluding hydrogens is 260 g/mol. The molecule has 3 aliphatic rings. The first kappa shape index (κ1) is 14.1. The van der Waals surface area contributed by atoms with Gasteiger partial charge in [-0.15, -0.1) is 0 Å². The summed E-state index contributed by atoms with van der Waals surface area (Å²) in [6, 6.07) is -0.274. The molecule has 0 aliphatic carbocycles. The molecule has 1 amide bonds. The smallest absolute Gasteiger partial charge is 0.411 e. The molecule has 3 rings (SSSR count). The third kappa shape index (κ3) is 2.10. The lowest BCUT2D eigenvalue weighted by molar-refractivity contribution is -0.162. The van der Waals surface area contributed by atoms with Crippen molar-refractivity contribution in [2.45, 2.75) is 82.8 Å². The molecular formula is C14H24N2O4. The number of hydrogen-bond donors (Lipinski definition) is 1. The average Bonchev–Trinajstić information content (AvgIpc) is 2.79. The summed E-state index contributed by atoms with van der Waals surface area (Å²) in [4.78, 5) is 14.1. The predicted molar refractivity (Wildman–Crippen MR) is 72.1 cm³/mol. The van der Waals surface area contributed by atoms with Gasteiger partial charge in [-0.25, -0.2) is 4.79 Å². The lowest BCUT2D eigenvalue weighted by Gasteiger charge is -2.30. The van der Waals surface area contributed by atoms with Gasteiger partial charge in [0.1, 0.15) is 17.8 Å². The first-order chi connectivity index (χ1) is 9.09. The molecule has 0 radical (unpaired) electrons. The van der Waals surface area contributed by atoms with Crippen LogP contribution in [0.4, 0.5) is 4.79 Å². The third-order valence-electron chi connectivity index (χ3n) is 4.11. The second kappa shape index (κ2) is 4.08. The van der Waals surface area contributed by atoms with Crippen LogP contribution in [0.3, 0.4) is 0 Å². The zero-order valence-corrected chi connectivity index (χ0v) is 12.8. The lowest BCUT2D eigenvalue weighted by atomic mass is 9.91. The van der Waals surface area contributed by atoms with Crippen molar-refractivity contribution in [2.24, 2.45) is 5.73 Å². The monoisotopic (exact) mass is 284 g/mol. The molecule has 3 fully saturated rings. The van der Waals surface area contributed by atoms with Gasteiger partial charge in [0.2, 0.25) is 0 Å². The third-order valence-corrected chi connectivity index (χ3v) is 4.11. The minimum absolute atomic E-state index is 0.0448. The summed E-state index contributed by atoms with van der Waals surface area (Å²) in [7, 11) is 0. The minimum atomic E-state index is -0.601. The average molecular weight is 284 g/mol. The van der Waals surface area contributed by atoms with Gasteiger partial charge < -0.3 is 19.9 Å². The van der Waals surface area contributed by atoms with E-state index in [0.29, 0.717) is 0 Å². The van der Waals surface area contributed by atoms with E-state index in [1.54, 1.807) is 4.90 Å². The summed E-state index contributed by atoms with van der Waals surface area (Å²) in [6.45, 7) is 9.38. The zero-order valence-electron chi connectivity index (χ0n) is 12.8. The molecule has 0 aromatic heterocycles. The number of nitrogens with zero attached hydrogens (tertiary/aromatic N) is 1. The van der Waals surface area contributed by atoms with Crippen LogP contribution in [-0.4, -0.2) is 52.7 Å². The van der Waals surface area contributed by atoms with Gasteiger partial charge in [-0.1, -0.05) is 0 Å². The van der Waals surface area contributed by atoms with Gasteiger partial charge >= 0.3 is 6.09 Å². The lowest BCUT2D eigenvalue weighted by Crippen LogP contribution is -2.49. The maximum absolute atomic E-state index is 12.4. The van der Waals surface area contributed by atoms with Crippen molar-refractivity contribution >= 4 is 6.09 Å². The molecule has 0 aromatic carbocycles. The fourth-order valence-electron chi connectivity index (χ4n) is 3.60. The molecule has 20 heavy (non-hydrogen) atoms. The molecule has 3 heterocycles. The Hall–Kier alpha value is -0.850. The van der Waals surface area contributed by atoms with E-state index in [2.05, 4.69) is 0 Å². The highest BCUT2D eigenvalue weighted by molar-refractivity contribution is 5.71. The highest BCUT2D eigenvalue weighted by Gasteiger charge is 2.65. The van der Waals surface area contributed by atoms with Crippen LogP contribution in [0.2, 0.25) is 0 Å². The normalized spacial score (nSPS) is 41.9. The molecule has 2 N–H and O–H groups in total. The van der Waals surface area contributed by atoms with Crippen LogP contribution in [-0.2, 0) is 14.2 Å². The van der Waals surface area contributed by atoms with E-state index in [-0.39, 0.29) is 36.4 Å². The van der Waals surface area contributed by atoms with Crippen molar-refractivity contribution in [1.29, 1.82) is 0 Å². The second-order valence-corrected chi connectivity index (χ2v) is 7.41. The van der Waals surface area contributed by atoms with Gasteiger partial charge in [0.25, 0.3) is 0 Å². The molecule has 3 saturated heterocycles. The van der Waals surface area contributed by atoms with E-state index < -0.39 is 11.4 Å². The Morgan fingerprint density at radius 2 is 1.90 bits per heavy atom. The highest BCUT2D eigenvalue weighted by Crippen LogP contribution is 2.47. The summed E-state index contributed by atoms with van der Waals surface area (Å²) in [5.74, 6) is -0.601. The molecule has 114 valence electrons. The maximum Gasteiger partial charge on any atom is 0.411 e. The van der Waals surface area contributed by atoms with Gasteiger partial charge in [0.05, 0.1) is 12.1 Å². The molecule has 2 bridgehead atoms. The van der Waals surface area contributed by atoms with Gasteiger partial charge in [-0.3, -0.25) is 4.90 Å². The summed E-state index contributed by atoms with van der Waals surface area (Å²) < 4.78 is 17.4. The number of fused-ring (bicyclic) bond motifs is 5. The van der Waals surface area contributed by atoms with Crippen LogP contribution < -0.4 is 5.73 Å². The molecule has 0 aromatic rings. The van der Waals surface area contributed by atoms with Gasteiger partial charge in [0.15, 0.2) is 5.79 Å². The Kier molecular flexibility index (Phi) is 2.88. The van der Waals surface area contributed by atoms with Crippen LogP contribution in [0, 0.1) is 0 Å². The largest absolute Gasteiger partial charge is 0.444 e. The van der Waals surface area contributed by atoms with E-state index in [1.807, 2.05) is 34.6 Å². The summed E-state index contributed by atoms with van der Waals surface area (Å²) in [5, 5.41) is 0. The van der Waals surface area contributed by atoms with E-state index in [0.717, 1.165) is 6.42 Å². The van der Waals surface area contributed by atoms with Crippen LogP contribution in [0.5, 0.6) is 0 Å². The summed E-state index contributed by atoms with van der Waals surface area (Å²) >= 11 is 0. The SMILES string of the molecule is CC(C)(C)OC(=O)N1[C@H]2[C@H]3OC(C)(C)O[C@H]3[C@@H]1C[C@H]2N. The van der Waals surface area contributed by atoms with Crippen molar-refractivity contribution in [3.63, 3.8) is 0 Å². The molecule has 6 nitrogen and oxygen atoms in total. The Balaban J connectivity index is 1.81. The quantitative estimate of drug-likeness (QED) is 0.724. The van der Waals surface area contributed by atoms with E-state index in [1.165, 1.54) is 0 Å². The molecule has 5 atom stereocenters. The van der Waals surface area contributed by atoms with Gasteiger partial charge in [0, 0.05) is 6.04 Å². The van der Waals surface area contributed by atoms with Crippen LogP contribution in [0.25, 0.3) is 0 Å². The number of carbonyl (C=O) groups excluding carboxylic acids is 1. The highest BCUT2D eigenvalue weighted by atomic mass is 16.8. The number of nitrogens with two attached hydrogens (primary N) is 1. The Bertz CT molecular complexity index is 431. The fourth-order valence-corrected chi connectivity index (χ4v) is 3.60. The molecule has 0 saturated carbocycles. The van der Waals surface area contributed by atoms with E-state index >= 15 is 0 Å². The first-order valence-electron chi connectivity index (χ1n) is 7.22. The van der Waals surface area contributed by atoms with Crippen molar-refractivity contribution < 1.29 is 19.0 Å². The number of amides is 1. The number of carbonyl (C=O) groups is 1. The number of ether oxygens (including phenoxy) is 3. The van der Waals surface area contributed by atoms with Crippen molar-refractivity contribution in [1.82, 2.24) is 4.90 Å². The van der Waals surface area contributed by atoms with Gasteiger partial charge in [-0.05, 0) is 41.0 Å². The van der Waals surface area contributed by atoms with Crippen molar-refractivity contribution in [3.8, 4) is 0 Å². The molecule has 0 spiro atoms. The topological polar surface area (TPSA) is 74.0 Å². The van der Waals surface area contributed by atoms with E-state index in [4.69, 9.17) is 19.9 Å². The second-order valence-electron chi connectivity index (χ2n) is 7.41. The molecule has 3 aliphatic heterocycles.